The van der Waals surface area contributed by atoms with E-state index in [-0.39, 0.29) is 11.9 Å². The number of nitrogens with one attached hydrogen (secondary N) is 2. The molecule has 0 aromatic heterocycles. The molecule has 1 unspecified atom stereocenters. The topological polar surface area (TPSA) is 61.4 Å². The molecule has 4 aliphatic carbocycles. The lowest BCUT2D eigenvalue weighted by Gasteiger charge is -2.54. The third-order valence-corrected chi connectivity index (χ3v) is 8.20. The number of piperidine rings is 1. The number of amides is 3. The van der Waals surface area contributed by atoms with E-state index in [9.17, 15) is 9.59 Å². The predicted octanol–water partition coefficient (Wildman–Crippen LogP) is 4.43. The minimum Gasteiger partial charge on any atom is -0.342 e. The Labute approximate surface area is 180 Å². The summed E-state index contributed by atoms with van der Waals surface area (Å²) in [5, 5.41) is 5.92. The van der Waals surface area contributed by atoms with Crippen LogP contribution in [-0.2, 0) is 4.79 Å². The Morgan fingerprint density at radius 1 is 1.00 bits per heavy atom. The largest absolute Gasteiger partial charge is 0.342 e. The fourth-order valence-corrected chi connectivity index (χ4v) is 7.02. The van der Waals surface area contributed by atoms with Crippen molar-refractivity contribution in [2.75, 3.05) is 25.0 Å². The Morgan fingerprint density at radius 3 is 2.33 bits per heavy atom. The molecular formula is C25H35N3O2. The molecule has 162 valence electrons. The molecule has 4 bridgehead atoms. The van der Waals surface area contributed by atoms with Gasteiger partial charge in [-0.25, -0.2) is 4.79 Å². The first-order valence-corrected chi connectivity index (χ1v) is 12.0. The van der Waals surface area contributed by atoms with Crippen molar-refractivity contribution in [1.29, 1.82) is 0 Å². The highest BCUT2D eigenvalue weighted by Gasteiger charge is 2.51. The quantitative estimate of drug-likeness (QED) is 0.773. The number of benzene rings is 1. The molecule has 5 fully saturated rings. The summed E-state index contributed by atoms with van der Waals surface area (Å²) in [5.41, 5.74) is 1.98. The number of urea groups is 1. The molecule has 1 aromatic carbocycles. The molecule has 5 nitrogen and oxygen atoms in total. The number of carbonyl (C=O) groups excluding carboxylic acids is 2. The van der Waals surface area contributed by atoms with Crippen LogP contribution in [0.5, 0.6) is 0 Å². The average Bonchev–Trinajstić information content (AvgIpc) is 2.73. The molecule has 3 amide bonds. The van der Waals surface area contributed by atoms with Gasteiger partial charge in [-0.3, -0.25) is 4.79 Å². The average molecular weight is 410 g/mol. The van der Waals surface area contributed by atoms with Crippen LogP contribution in [0.3, 0.4) is 0 Å². The van der Waals surface area contributed by atoms with Crippen LogP contribution in [0.4, 0.5) is 10.5 Å². The van der Waals surface area contributed by atoms with Crippen LogP contribution in [0.25, 0.3) is 0 Å². The molecule has 0 radical (unpaired) electrons. The normalized spacial score (nSPS) is 34.6. The van der Waals surface area contributed by atoms with Gasteiger partial charge >= 0.3 is 6.03 Å². The van der Waals surface area contributed by atoms with Gasteiger partial charge in [0.25, 0.3) is 0 Å². The zero-order valence-electron chi connectivity index (χ0n) is 18.1. The van der Waals surface area contributed by atoms with Gasteiger partial charge in [-0.2, -0.15) is 0 Å². The van der Waals surface area contributed by atoms with E-state index < -0.39 is 0 Å². The van der Waals surface area contributed by atoms with Gasteiger partial charge < -0.3 is 15.5 Å². The number of hydrogen-bond donors (Lipinski definition) is 2. The van der Waals surface area contributed by atoms with Crippen LogP contribution in [0.2, 0.25) is 0 Å². The molecule has 5 heteroatoms. The molecule has 1 aromatic rings. The molecule has 0 spiro atoms. The lowest BCUT2D eigenvalue weighted by Crippen LogP contribution is -2.54. The minimum absolute atomic E-state index is 0.164. The van der Waals surface area contributed by atoms with Gasteiger partial charge in [-0.15, -0.1) is 0 Å². The molecule has 4 saturated carbocycles. The molecule has 30 heavy (non-hydrogen) atoms. The van der Waals surface area contributed by atoms with Gasteiger partial charge in [0, 0.05) is 31.2 Å². The SMILES string of the molecule is Cc1ccc(NC(=O)NCC2CCCN(C(=O)C3C4CC5CC(C4)CC3C5)C2)cc1. The first kappa shape index (κ1) is 19.9. The summed E-state index contributed by atoms with van der Waals surface area (Å²) in [5.74, 6) is 4.17. The number of nitrogens with zero attached hydrogens (tertiary/aromatic N) is 1. The van der Waals surface area contributed by atoms with Crippen molar-refractivity contribution in [1.82, 2.24) is 10.2 Å². The minimum atomic E-state index is -0.164. The highest BCUT2D eigenvalue weighted by atomic mass is 16.2. The lowest BCUT2D eigenvalue weighted by molar-refractivity contribution is -0.150. The second kappa shape index (κ2) is 8.24. The van der Waals surface area contributed by atoms with Crippen LogP contribution in [0, 0.1) is 42.4 Å². The van der Waals surface area contributed by atoms with Crippen molar-refractivity contribution in [2.24, 2.45) is 35.5 Å². The van der Waals surface area contributed by atoms with Crippen LogP contribution < -0.4 is 10.6 Å². The summed E-state index contributed by atoms with van der Waals surface area (Å²) in [4.78, 5) is 27.9. The standard InChI is InChI=1S/C25H35N3O2/c1-16-4-6-22(7-5-16)27-25(30)26-14-17-3-2-8-28(15-17)24(29)23-20-10-18-9-19(12-20)13-21(23)11-18/h4-7,17-21,23H,2-3,8-15H2,1H3,(H2,26,27,30). The van der Waals surface area contributed by atoms with E-state index in [0.717, 1.165) is 43.5 Å². The Balaban J connectivity index is 1.13. The highest BCUT2D eigenvalue weighted by Crippen LogP contribution is 2.57. The van der Waals surface area contributed by atoms with E-state index in [1.165, 1.54) is 37.7 Å². The summed E-state index contributed by atoms with van der Waals surface area (Å²) in [7, 11) is 0. The third kappa shape index (κ3) is 4.08. The second-order valence-electron chi connectivity index (χ2n) is 10.5. The monoisotopic (exact) mass is 409 g/mol. The Hall–Kier alpha value is -2.04. The number of anilines is 1. The molecule has 1 atom stereocenters. The summed E-state index contributed by atoms with van der Waals surface area (Å²) >= 11 is 0. The van der Waals surface area contributed by atoms with Crippen LogP contribution in [-0.4, -0.2) is 36.5 Å². The van der Waals surface area contributed by atoms with Crippen molar-refractivity contribution >= 4 is 17.6 Å². The highest BCUT2D eigenvalue weighted by molar-refractivity contribution is 5.89. The van der Waals surface area contributed by atoms with Crippen molar-refractivity contribution in [3.8, 4) is 0 Å². The molecule has 1 saturated heterocycles. The van der Waals surface area contributed by atoms with Crippen LogP contribution >= 0.6 is 0 Å². The van der Waals surface area contributed by atoms with E-state index in [1.54, 1.807) is 0 Å². The Morgan fingerprint density at radius 2 is 1.67 bits per heavy atom. The van der Waals surface area contributed by atoms with Gasteiger partial charge in [-0.05, 0) is 93.6 Å². The van der Waals surface area contributed by atoms with E-state index in [0.29, 0.717) is 30.2 Å². The van der Waals surface area contributed by atoms with Crippen molar-refractivity contribution in [3.63, 3.8) is 0 Å². The summed E-state index contributed by atoms with van der Waals surface area (Å²) < 4.78 is 0. The molecule has 2 N–H and O–H groups in total. The number of hydrogen-bond acceptors (Lipinski definition) is 2. The maximum absolute atomic E-state index is 13.5. The van der Waals surface area contributed by atoms with Gasteiger partial charge in [0.1, 0.15) is 0 Å². The second-order valence-corrected chi connectivity index (χ2v) is 10.5. The zero-order chi connectivity index (χ0) is 20.7. The predicted molar refractivity (Wildman–Crippen MR) is 118 cm³/mol. The molecule has 6 rings (SSSR count). The maximum atomic E-state index is 13.5. The van der Waals surface area contributed by atoms with Crippen molar-refractivity contribution < 1.29 is 9.59 Å². The zero-order valence-corrected chi connectivity index (χ0v) is 18.1. The summed E-state index contributed by atoms with van der Waals surface area (Å²) in [6, 6.07) is 7.65. The third-order valence-electron chi connectivity index (χ3n) is 8.20. The van der Waals surface area contributed by atoms with Gasteiger partial charge in [0.05, 0.1) is 0 Å². The fourth-order valence-electron chi connectivity index (χ4n) is 7.02. The first-order chi connectivity index (χ1) is 14.5. The summed E-state index contributed by atoms with van der Waals surface area (Å²) in [6.07, 6.45) is 8.73. The van der Waals surface area contributed by atoms with Crippen LogP contribution in [0.15, 0.2) is 24.3 Å². The van der Waals surface area contributed by atoms with E-state index >= 15 is 0 Å². The van der Waals surface area contributed by atoms with Crippen molar-refractivity contribution in [3.05, 3.63) is 29.8 Å². The maximum Gasteiger partial charge on any atom is 0.319 e. The van der Waals surface area contributed by atoms with Crippen LogP contribution in [0.1, 0.15) is 50.5 Å². The smallest absolute Gasteiger partial charge is 0.319 e. The fraction of sp³-hybridized carbons (Fsp3) is 0.680. The number of rotatable bonds is 4. The van der Waals surface area contributed by atoms with Gasteiger partial charge in [0.15, 0.2) is 0 Å². The van der Waals surface area contributed by atoms with E-state index in [1.807, 2.05) is 31.2 Å². The lowest BCUT2D eigenvalue weighted by atomic mass is 9.51. The Bertz CT molecular complexity index is 762. The van der Waals surface area contributed by atoms with Gasteiger partial charge in [0.2, 0.25) is 5.91 Å². The molecule has 1 heterocycles. The van der Waals surface area contributed by atoms with E-state index in [4.69, 9.17) is 0 Å². The van der Waals surface area contributed by atoms with Gasteiger partial charge in [-0.1, -0.05) is 17.7 Å². The number of carbonyl (C=O) groups is 2. The molecule has 5 aliphatic rings. The molecular weight excluding hydrogens is 374 g/mol. The summed E-state index contributed by atoms with van der Waals surface area (Å²) in [6.45, 7) is 4.35. The number of likely N-dealkylation sites (tertiary alicyclic amines) is 1. The Kier molecular flexibility index (Phi) is 5.46. The first-order valence-electron chi connectivity index (χ1n) is 12.0. The van der Waals surface area contributed by atoms with Crippen molar-refractivity contribution in [2.45, 2.75) is 51.9 Å². The molecule has 1 aliphatic heterocycles. The van der Waals surface area contributed by atoms with E-state index in [2.05, 4.69) is 15.5 Å². The number of aryl methyl sites for hydroxylation is 1.